The molecule has 2 N–H and O–H groups in total. The minimum Gasteiger partial charge on any atom is -0.481 e. The van der Waals surface area contributed by atoms with Crippen molar-refractivity contribution in [3.05, 3.63) is 35.9 Å². The highest BCUT2D eigenvalue weighted by Crippen LogP contribution is 2.73. The summed E-state index contributed by atoms with van der Waals surface area (Å²) in [6, 6.07) is 9.41. The largest absolute Gasteiger partial charge is 0.481 e. The molecule has 1 aromatic rings. The number of benzene rings is 1. The van der Waals surface area contributed by atoms with Gasteiger partial charge in [0.2, 0.25) is 0 Å². The van der Waals surface area contributed by atoms with Gasteiger partial charge in [0.25, 0.3) is 0 Å². The number of alkyl carbamates (subject to hydrolysis) is 1. The number of carbonyl (C=O) groups excluding carboxylic acids is 2. The highest BCUT2D eigenvalue weighted by Gasteiger charge is 2.70. The summed E-state index contributed by atoms with van der Waals surface area (Å²) in [5.74, 6) is -1.57. The summed E-state index contributed by atoms with van der Waals surface area (Å²) in [4.78, 5) is 36.2. The lowest BCUT2D eigenvalue weighted by Gasteiger charge is -2.70. The van der Waals surface area contributed by atoms with Crippen molar-refractivity contribution in [2.24, 2.45) is 16.7 Å². The third-order valence-corrected chi connectivity index (χ3v) is 5.84. The minimum atomic E-state index is -0.926. The van der Waals surface area contributed by atoms with Gasteiger partial charge in [0.1, 0.15) is 11.4 Å². The molecule has 3 saturated carbocycles. The van der Waals surface area contributed by atoms with Crippen molar-refractivity contribution in [3.8, 4) is 0 Å². The van der Waals surface area contributed by atoms with Gasteiger partial charge in [-0.15, -0.1) is 0 Å². The molecular formula is C22H29NO5. The number of carboxylic acids is 1. The molecule has 0 saturated heterocycles. The van der Waals surface area contributed by atoms with Gasteiger partial charge >= 0.3 is 12.1 Å². The summed E-state index contributed by atoms with van der Waals surface area (Å²) in [6.07, 6.45) is 2.18. The Bertz CT molecular complexity index is 745. The Morgan fingerprint density at radius 2 is 1.75 bits per heavy atom. The highest BCUT2D eigenvalue weighted by molar-refractivity contribution is 5.91. The minimum absolute atomic E-state index is 0.0231. The molecule has 0 aliphatic heterocycles. The molecule has 6 heteroatoms. The second-order valence-electron chi connectivity index (χ2n) is 9.52. The van der Waals surface area contributed by atoms with E-state index >= 15 is 0 Å². The van der Waals surface area contributed by atoms with Crippen molar-refractivity contribution >= 4 is 17.8 Å². The highest BCUT2D eigenvalue weighted by atomic mass is 16.6. The molecule has 0 aromatic heterocycles. The molecule has 1 atom stereocenters. The maximum absolute atomic E-state index is 12.8. The van der Waals surface area contributed by atoms with Crippen molar-refractivity contribution in [2.75, 3.05) is 6.54 Å². The van der Waals surface area contributed by atoms with Gasteiger partial charge in [-0.25, -0.2) is 4.79 Å². The summed E-state index contributed by atoms with van der Waals surface area (Å²) < 4.78 is 5.24. The first-order valence-electron chi connectivity index (χ1n) is 9.80. The van der Waals surface area contributed by atoms with Gasteiger partial charge in [-0.3, -0.25) is 9.59 Å². The van der Waals surface area contributed by atoms with Crippen molar-refractivity contribution in [1.29, 1.82) is 0 Å². The molecule has 1 unspecified atom stereocenters. The summed E-state index contributed by atoms with van der Waals surface area (Å²) in [5.41, 5.74) is -0.00550. The van der Waals surface area contributed by atoms with Crippen LogP contribution in [-0.2, 0) is 20.7 Å². The number of amides is 1. The number of aliphatic carboxylic acids is 1. The molecule has 3 fully saturated rings. The Morgan fingerprint density at radius 1 is 1.14 bits per heavy atom. The standard InChI is InChI=1S/C22H29NO5/c1-20(2,3)28-19(27)23-14-21-11-22(12-21,13-21)17(24)10-16(18(25)26)9-15-7-5-4-6-8-15/h4-8,16H,9-14H2,1-3H3,(H,23,27)(H,25,26). The van der Waals surface area contributed by atoms with E-state index in [0.29, 0.717) is 13.0 Å². The average molecular weight is 387 g/mol. The predicted molar refractivity (Wildman–Crippen MR) is 104 cm³/mol. The summed E-state index contributed by atoms with van der Waals surface area (Å²) in [7, 11) is 0. The normalized spacial score (nSPS) is 26.4. The van der Waals surface area contributed by atoms with Crippen LogP contribution in [0.5, 0.6) is 0 Å². The van der Waals surface area contributed by atoms with Gasteiger partial charge in [-0.1, -0.05) is 30.3 Å². The van der Waals surface area contributed by atoms with Crippen molar-refractivity contribution in [2.45, 2.75) is 58.5 Å². The van der Waals surface area contributed by atoms with Crippen LogP contribution in [0.25, 0.3) is 0 Å². The third-order valence-electron chi connectivity index (χ3n) is 5.84. The number of carbonyl (C=O) groups is 3. The average Bonchev–Trinajstić information content (AvgIpc) is 2.50. The monoisotopic (exact) mass is 387 g/mol. The van der Waals surface area contributed by atoms with Gasteiger partial charge in [-0.2, -0.15) is 0 Å². The van der Waals surface area contributed by atoms with E-state index in [1.807, 2.05) is 51.1 Å². The zero-order valence-electron chi connectivity index (χ0n) is 16.8. The zero-order valence-corrected chi connectivity index (χ0v) is 16.8. The number of carboxylic acid groups (broad SMARTS) is 1. The number of ether oxygens (including phenoxy) is 1. The maximum atomic E-state index is 12.8. The Labute approximate surface area is 165 Å². The molecule has 3 aliphatic rings. The van der Waals surface area contributed by atoms with Gasteiger partial charge in [0.05, 0.1) is 5.92 Å². The maximum Gasteiger partial charge on any atom is 0.407 e. The molecule has 28 heavy (non-hydrogen) atoms. The Morgan fingerprint density at radius 3 is 2.29 bits per heavy atom. The van der Waals surface area contributed by atoms with Gasteiger partial charge < -0.3 is 15.2 Å². The number of rotatable bonds is 8. The van der Waals surface area contributed by atoms with Crippen LogP contribution in [0, 0.1) is 16.7 Å². The number of hydrogen-bond acceptors (Lipinski definition) is 4. The fourth-order valence-electron chi connectivity index (χ4n) is 4.64. The fraction of sp³-hybridized carbons (Fsp3) is 0.591. The van der Waals surface area contributed by atoms with Crippen LogP contribution < -0.4 is 5.32 Å². The van der Waals surface area contributed by atoms with Crippen LogP contribution in [0.2, 0.25) is 0 Å². The molecule has 6 nitrogen and oxygen atoms in total. The van der Waals surface area contributed by atoms with Crippen molar-refractivity contribution < 1.29 is 24.2 Å². The van der Waals surface area contributed by atoms with E-state index in [4.69, 9.17) is 4.74 Å². The van der Waals surface area contributed by atoms with Crippen LogP contribution in [0.15, 0.2) is 30.3 Å². The van der Waals surface area contributed by atoms with E-state index in [1.165, 1.54) is 0 Å². The molecule has 152 valence electrons. The summed E-state index contributed by atoms with van der Waals surface area (Å²) in [5, 5.41) is 12.3. The van der Waals surface area contributed by atoms with Gasteiger partial charge in [-0.05, 0) is 57.4 Å². The second kappa shape index (κ2) is 7.22. The molecule has 1 amide bonds. The van der Waals surface area contributed by atoms with Crippen LogP contribution in [0.3, 0.4) is 0 Å². The van der Waals surface area contributed by atoms with E-state index in [1.54, 1.807) is 0 Å². The van der Waals surface area contributed by atoms with E-state index < -0.39 is 23.6 Å². The summed E-state index contributed by atoms with van der Waals surface area (Å²) >= 11 is 0. The first-order valence-corrected chi connectivity index (χ1v) is 9.80. The van der Waals surface area contributed by atoms with Gasteiger partial charge in [0.15, 0.2) is 0 Å². The molecule has 0 spiro atoms. The molecule has 1 aromatic carbocycles. The number of ketones is 1. The third kappa shape index (κ3) is 4.37. The van der Waals surface area contributed by atoms with Crippen molar-refractivity contribution in [1.82, 2.24) is 5.32 Å². The van der Waals surface area contributed by atoms with Crippen LogP contribution in [0.4, 0.5) is 4.79 Å². The molecule has 0 radical (unpaired) electrons. The predicted octanol–water partition coefficient (Wildman–Crippen LogP) is 3.58. The van der Waals surface area contributed by atoms with E-state index in [-0.39, 0.29) is 23.0 Å². The Hall–Kier alpha value is -2.37. The Kier molecular flexibility index (Phi) is 5.26. The van der Waals surface area contributed by atoms with Crippen molar-refractivity contribution in [3.63, 3.8) is 0 Å². The lowest BCUT2D eigenvalue weighted by Crippen LogP contribution is -2.68. The van der Waals surface area contributed by atoms with E-state index in [0.717, 1.165) is 24.8 Å². The quantitative estimate of drug-likeness (QED) is 0.711. The molecule has 2 bridgehead atoms. The summed E-state index contributed by atoms with van der Waals surface area (Å²) in [6.45, 7) is 5.95. The topological polar surface area (TPSA) is 92.7 Å². The smallest absolute Gasteiger partial charge is 0.407 e. The lowest BCUT2D eigenvalue weighted by atomic mass is 9.33. The van der Waals surface area contributed by atoms with Gasteiger partial charge in [0, 0.05) is 18.4 Å². The SMILES string of the molecule is CC(C)(C)OC(=O)NCC12CC(C(=O)CC(Cc3ccccc3)C(=O)O)(C1)C2. The Balaban J connectivity index is 1.48. The number of Topliss-reactive ketones (excluding diaryl/α,β-unsaturated/α-hetero) is 1. The first-order chi connectivity index (χ1) is 13.0. The lowest BCUT2D eigenvalue weighted by molar-refractivity contribution is -0.203. The van der Waals surface area contributed by atoms with Crippen LogP contribution in [0.1, 0.15) is 52.0 Å². The van der Waals surface area contributed by atoms with E-state index in [2.05, 4.69) is 5.32 Å². The first kappa shape index (κ1) is 20.4. The van der Waals surface area contributed by atoms with Crippen LogP contribution in [-0.4, -0.2) is 35.1 Å². The van der Waals surface area contributed by atoms with Crippen LogP contribution >= 0.6 is 0 Å². The molecule has 4 rings (SSSR count). The molecular weight excluding hydrogens is 358 g/mol. The molecule has 3 aliphatic carbocycles. The molecule has 0 heterocycles. The fourth-order valence-corrected chi connectivity index (χ4v) is 4.64. The zero-order chi connectivity index (χ0) is 20.6. The van der Waals surface area contributed by atoms with E-state index in [9.17, 15) is 19.5 Å². The number of nitrogens with one attached hydrogen (secondary N) is 1. The number of hydrogen-bond donors (Lipinski definition) is 2. The second-order valence-corrected chi connectivity index (χ2v) is 9.52.